The smallest absolute Gasteiger partial charge is 0.238 e. The summed E-state index contributed by atoms with van der Waals surface area (Å²) in [6, 6.07) is 9.76. The van der Waals surface area contributed by atoms with Crippen molar-refractivity contribution in [3.8, 4) is 0 Å². The summed E-state index contributed by atoms with van der Waals surface area (Å²) in [7, 11) is 0. The van der Waals surface area contributed by atoms with Gasteiger partial charge in [-0.25, -0.2) is 0 Å². The third-order valence-corrected chi connectivity index (χ3v) is 5.52. The van der Waals surface area contributed by atoms with Crippen LogP contribution in [0.3, 0.4) is 0 Å². The van der Waals surface area contributed by atoms with E-state index in [1.165, 1.54) is 0 Å². The lowest BCUT2D eigenvalue weighted by molar-refractivity contribution is -0.188. The summed E-state index contributed by atoms with van der Waals surface area (Å²) in [6.45, 7) is 2.89. The van der Waals surface area contributed by atoms with Gasteiger partial charge in [-0.15, -0.1) is 0 Å². The zero-order valence-electron chi connectivity index (χ0n) is 14.3. The Morgan fingerprint density at radius 2 is 1.64 bits per heavy atom. The van der Waals surface area contributed by atoms with Crippen LogP contribution in [0.25, 0.3) is 0 Å². The quantitative estimate of drug-likeness (QED) is 0.840. The van der Waals surface area contributed by atoms with E-state index < -0.39 is 11.2 Å². The van der Waals surface area contributed by atoms with Gasteiger partial charge in [-0.2, -0.15) is 0 Å². The van der Waals surface area contributed by atoms with Crippen molar-refractivity contribution in [1.29, 1.82) is 0 Å². The second-order valence-corrected chi connectivity index (χ2v) is 7.15. The fraction of sp³-hybridized carbons (Fsp3) is 0.579. The average Bonchev–Trinajstić information content (AvgIpc) is 3.36. The fourth-order valence-electron chi connectivity index (χ4n) is 3.75. The lowest BCUT2D eigenvalue weighted by Gasteiger charge is -2.38. The van der Waals surface area contributed by atoms with E-state index in [0.29, 0.717) is 58.5 Å². The molecule has 3 aliphatic rings. The van der Waals surface area contributed by atoms with Crippen molar-refractivity contribution in [2.24, 2.45) is 5.41 Å². The molecule has 0 bridgehead atoms. The molecule has 4 rings (SSSR count). The van der Waals surface area contributed by atoms with Gasteiger partial charge in [0.15, 0.2) is 5.79 Å². The number of benzene rings is 1. The van der Waals surface area contributed by atoms with E-state index in [1.54, 1.807) is 0 Å². The first-order valence-electron chi connectivity index (χ1n) is 9.03. The normalized spacial score (nSPS) is 23.4. The van der Waals surface area contributed by atoms with Gasteiger partial charge in [0, 0.05) is 32.5 Å². The number of carbonyl (C=O) groups is 2. The number of amides is 2. The van der Waals surface area contributed by atoms with E-state index in [9.17, 15) is 9.59 Å². The molecule has 1 spiro atoms. The Morgan fingerprint density at radius 3 is 2.24 bits per heavy atom. The summed E-state index contributed by atoms with van der Waals surface area (Å²) in [5, 5.41) is 2.93. The maximum Gasteiger partial charge on any atom is 0.238 e. The molecule has 3 fully saturated rings. The summed E-state index contributed by atoms with van der Waals surface area (Å²) in [5.74, 6) is -0.677. The molecule has 2 amide bonds. The Kier molecular flexibility index (Phi) is 4.25. The standard InChI is InChI=1S/C19H24N2O4/c22-16(20-14-15-4-2-1-3-5-15)18(6-7-18)17(23)21-10-8-19(9-11-21)24-12-13-25-19/h1-5H,6-14H2,(H,20,22). The Bertz CT molecular complexity index is 641. The number of nitrogens with zero attached hydrogens (tertiary/aromatic N) is 1. The predicted octanol–water partition coefficient (Wildman–Crippen LogP) is 1.45. The highest BCUT2D eigenvalue weighted by Gasteiger charge is 2.58. The van der Waals surface area contributed by atoms with Crippen molar-refractivity contribution in [3.05, 3.63) is 35.9 Å². The number of piperidine rings is 1. The first kappa shape index (κ1) is 16.5. The molecule has 0 aromatic heterocycles. The van der Waals surface area contributed by atoms with Gasteiger partial charge in [-0.1, -0.05) is 30.3 Å². The minimum atomic E-state index is -0.851. The molecule has 0 atom stereocenters. The van der Waals surface area contributed by atoms with E-state index >= 15 is 0 Å². The van der Waals surface area contributed by atoms with Crippen LogP contribution in [0.15, 0.2) is 30.3 Å². The number of carbonyl (C=O) groups excluding carboxylic acids is 2. The molecular formula is C19H24N2O4. The predicted molar refractivity (Wildman–Crippen MR) is 90.4 cm³/mol. The third-order valence-electron chi connectivity index (χ3n) is 5.52. The molecule has 1 aromatic carbocycles. The molecule has 1 saturated carbocycles. The van der Waals surface area contributed by atoms with Crippen molar-refractivity contribution >= 4 is 11.8 Å². The molecule has 1 aliphatic carbocycles. The zero-order valence-corrected chi connectivity index (χ0v) is 14.3. The van der Waals surface area contributed by atoms with Crippen LogP contribution in [-0.4, -0.2) is 48.8 Å². The molecular weight excluding hydrogens is 320 g/mol. The number of ether oxygens (including phenoxy) is 2. The Labute approximate surface area is 147 Å². The van der Waals surface area contributed by atoms with Gasteiger partial charge < -0.3 is 19.7 Å². The number of nitrogens with one attached hydrogen (secondary N) is 1. The van der Waals surface area contributed by atoms with E-state index in [0.717, 1.165) is 5.56 Å². The van der Waals surface area contributed by atoms with E-state index in [4.69, 9.17) is 9.47 Å². The highest BCUT2D eigenvalue weighted by Crippen LogP contribution is 2.48. The van der Waals surface area contributed by atoms with Crippen LogP contribution < -0.4 is 5.32 Å². The van der Waals surface area contributed by atoms with E-state index in [2.05, 4.69) is 5.32 Å². The lowest BCUT2D eigenvalue weighted by atomic mass is 9.98. The van der Waals surface area contributed by atoms with Crippen LogP contribution in [0.1, 0.15) is 31.2 Å². The van der Waals surface area contributed by atoms with Crippen LogP contribution in [0, 0.1) is 5.41 Å². The second-order valence-electron chi connectivity index (χ2n) is 7.15. The lowest BCUT2D eigenvalue weighted by Crippen LogP contribution is -2.51. The molecule has 1 aromatic rings. The molecule has 134 valence electrons. The fourth-order valence-corrected chi connectivity index (χ4v) is 3.75. The van der Waals surface area contributed by atoms with Gasteiger partial charge in [0.2, 0.25) is 11.8 Å². The molecule has 2 aliphatic heterocycles. The van der Waals surface area contributed by atoms with Crippen LogP contribution in [-0.2, 0) is 25.6 Å². The minimum absolute atomic E-state index is 0.0362. The summed E-state index contributed by atoms with van der Waals surface area (Å²) in [4.78, 5) is 27.4. The molecule has 6 nitrogen and oxygen atoms in total. The highest BCUT2D eigenvalue weighted by atomic mass is 16.7. The molecule has 2 saturated heterocycles. The summed E-state index contributed by atoms with van der Waals surface area (Å²) in [5.41, 5.74) is 0.186. The maximum atomic E-state index is 12.9. The van der Waals surface area contributed by atoms with Gasteiger partial charge in [0.25, 0.3) is 0 Å². The first-order chi connectivity index (χ1) is 12.1. The van der Waals surface area contributed by atoms with Crippen molar-refractivity contribution in [2.75, 3.05) is 26.3 Å². The number of hydrogen-bond donors (Lipinski definition) is 1. The maximum absolute atomic E-state index is 12.9. The monoisotopic (exact) mass is 344 g/mol. The number of rotatable bonds is 4. The van der Waals surface area contributed by atoms with Crippen LogP contribution in [0.4, 0.5) is 0 Å². The minimum Gasteiger partial charge on any atom is -0.351 e. The summed E-state index contributed by atoms with van der Waals surface area (Å²) in [6.07, 6.45) is 2.64. The SMILES string of the molecule is O=C(NCc1ccccc1)C1(C(=O)N2CCC3(CC2)OCCO3)CC1. The molecule has 25 heavy (non-hydrogen) atoms. The highest BCUT2D eigenvalue weighted by molar-refractivity contribution is 6.07. The van der Waals surface area contributed by atoms with Crippen LogP contribution in [0.5, 0.6) is 0 Å². The molecule has 6 heteroatoms. The van der Waals surface area contributed by atoms with Crippen molar-refractivity contribution in [1.82, 2.24) is 10.2 Å². The van der Waals surface area contributed by atoms with Gasteiger partial charge in [-0.05, 0) is 18.4 Å². The first-order valence-corrected chi connectivity index (χ1v) is 9.03. The third kappa shape index (κ3) is 3.16. The molecule has 0 unspecified atom stereocenters. The number of hydrogen-bond acceptors (Lipinski definition) is 4. The van der Waals surface area contributed by atoms with Crippen LogP contribution >= 0.6 is 0 Å². The van der Waals surface area contributed by atoms with Crippen molar-refractivity contribution in [2.45, 2.75) is 38.0 Å². The number of likely N-dealkylation sites (tertiary alicyclic amines) is 1. The van der Waals surface area contributed by atoms with E-state index in [-0.39, 0.29) is 11.8 Å². The molecule has 0 radical (unpaired) electrons. The zero-order chi connectivity index (χ0) is 17.3. The Hall–Kier alpha value is -1.92. The summed E-state index contributed by atoms with van der Waals surface area (Å²) >= 11 is 0. The molecule has 2 heterocycles. The average molecular weight is 344 g/mol. The van der Waals surface area contributed by atoms with Crippen molar-refractivity contribution < 1.29 is 19.1 Å². The Morgan fingerprint density at radius 1 is 1.00 bits per heavy atom. The van der Waals surface area contributed by atoms with Gasteiger partial charge in [0.05, 0.1) is 13.2 Å². The largest absolute Gasteiger partial charge is 0.351 e. The second kappa shape index (κ2) is 6.42. The van der Waals surface area contributed by atoms with Gasteiger partial charge >= 0.3 is 0 Å². The van der Waals surface area contributed by atoms with Gasteiger partial charge in [0.1, 0.15) is 5.41 Å². The van der Waals surface area contributed by atoms with Crippen molar-refractivity contribution in [3.63, 3.8) is 0 Å². The summed E-state index contributed by atoms with van der Waals surface area (Å²) < 4.78 is 11.4. The topological polar surface area (TPSA) is 67.9 Å². The Balaban J connectivity index is 1.34. The molecule has 1 N–H and O–H groups in total. The van der Waals surface area contributed by atoms with Crippen LogP contribution in [0.2, 0.25) is 0 Å². The van der Waals surface area contributed by atoms with E-state index in [1.807, 2.05) is 35.2 Å². The van der Waals surface area contributed by atoms with Gasteiger partial charge in [-0.3, -0.25) is 9.59 Å².